The standard InChI is InChI=1S/C18H17F3N2O5/c1-9(2)16(23-17(25)12-4-3-7-27-12)18(26)28-8-13(24)22-11-6-5-10(19)14(20)15(11)21/h3-7,9,16H,8H2,1-2H3,(H,22,24)(H,23,25). The Labute approximate surface area is 157 Å². The molecule has 0 saturated carbocycles. The molecule has 2 N–H and O–H groups in total. The highest BCUT2D eigenvalue weighted by Crippen LogP contribution is 2.19. The maximum Gasteiger partial charge on any atom is 0.329 e. The van der Waals surface area contributed by atoms with Gasteiger partial charge in [-0.05, 0) is 30.2 Å². The quantitative estimate of drug-likeness (QED) is 0.552. The smallest absolute Gasteiger partial charge is 0.329 e. The molecule has 0 saturated heterocycles. The molecule has 0 radical (unpaired) electrons. The Balaban J connectivity index is 1.94. The van der Waals surface area contributed by atoms with Crippen LogP contribution in [0.3, 0.4) is 0 Å². The van der Waals surface area contributed by atoms with Gasteiger partial charge in [-0.1, -0.05) is 13.8 Å². The highest BCUT2D eigenvalue weighted by atomic mass is 19.2. The van der Waals surface area contributed by atoms with Gasteiger partial charge in [-0.2, -0.15) is 0 Å². The van der Waals surface area contributed by atoms with Crippen LogP contribution in [0.4, 0.5) is 18.9 Å². The van der Waals surface area contributed by atoms with Crippen molar-refractivity contribution in [3.8, 4) is 0 Å². The molecule has 0 fully saturated rings. The molecule has 0 bridgehead atoms. The number of hydrogen-bond acceptors (Lipinski definition) is 5. The van der Waals surface area contributed by atoms with Gasteiger partial charge in [-0.15, -0.1) is 0 Å². The van der Waals surface area contributed by atoms with Crippen LogP contribution in [0.1, 0.15) is 24.4 Å². The third-order valence-corrected chi connectivity index (χ3v) is 3.61. The molecule has 2 rings (SSSR count). The zero-order chi connectivity index (χ0) is 20.8. The lowest BCUT2D eigenvalue weighted by atomic mass is 10.0. The van der Waals surface area contributed by atoms with E-state index >= 15 is 0 Å². The summed E-state index contributed by atoms with van der Waals surface area (Å²) in [4.78, 5) is 36.0. The molecule has 0 aliphatic heterocycles. The van der Waals surface area contributed by atoms with Gasteiger partial charge in [-0.3, -0.25) is 9.59 Å². The first-order chi connectivity index (χ1) is 13.2. The molecule has 1 unspecified atom stereocenters. The fourth-order valence-corrected chi connectivity index (χ4v) is 2.15. The van der Waals surface area contributed by atoms with Crippen molar-refractivity contribution in [3.05, 3.63) is 53.7 Å². The summed E-state index contributed by atoms with van der Waals surface area (Å²) in [6.45, 7) is 2.47. The number of nitrogens with one attached hydrogen (secondary N) is 2. The Morgan fingerprint density at radius 3 is 2.43 bits per heavy atom. The number of benzene rings is 1. The van der Waals surface area contributed by atoms with Crippen molar-refractivity contribution in [1.82, 2.24) is 5.32 Å². The summed E-state index contributed by atoms with van der Waals surface area (Å²) in [6.07, 6.45) is 1.29. The van der Waals surface area contributed by atoms with E-state index in [4.69, 9.17) is 9.15 Å². The number of anilines is 1. The lowest BCUT2D eigenvalue weighted by molar-refractivity contribution is -0.150. The van der Waals surface area contributed by atoms with E-state index in [1.165, 1.54) is 18.4 Å². The Bertz CT molecular complexity index is 868. The van der Waals surface area contributed by atoms with Gasteiger partial charge in [0.2, 0.25) is 0 Å². The second-order valence-electron chi connectivity index (χ2n) is 6.05. The molecule has 1 aromatic carbocycles. The Kier molecular flexibility index (Phi) is 6.80. The van der Waals surface area contributed by atoms with Gasteiger partial charge < -0.3 is 19.8 Å². The van der Waals surface area contributed by atoms with Crippen LogP contribution in [-0.4, -0.2) is 30.4 Å². The van der Waals surface area contributed by atoms with E-state index in [9.17, 15) is 27.6 Å². The SMILES string of the molecule is CC(C)C(NC(=O)c1ccco1)C(=O)OCC(=O)Nc1ccc(F)c(F)c1F. The summed E-state index contributed by atoms with van der Waals surface area (Å²) in [5.74, 6) is -7.64. The molecule has 0 aliphatic rings. The number of amides is 2. The number of esters is 1. The molecule has 2 amide bonds. The van der Waals surface area contributed by atoms with Crippen LogP contribution in [0.25, 0.3) is 0 Å². The average Bonchev–Trinajstić information content (AvgIpc) is 3.19. The third-order valence-electron chi connectivity index (χ3n) is 3.61. The number of carbonyl (C=O) groups is 3. The number of rotatable bonds is 7. The number of furan rings is 1. The van der Waals surface area contributed by atoms with Crippen molar-refractivity contribution in [1.29, 1.82) is 0 Å². The first-order valence-electron chi connectivity index (χ1n) is 8.15. The van der Waals surface area contributed by atoms with Crippen LogP contribution < -0.4 is 10.6 Å². The summed E-state index contributed by atoms with van der Waals surface area (Å²) in [7, 11) is 0. The zero-order valence-electron chi connectivity index (χ0n) is 14.9. The molecular formula is C18H17F3N2O5. The fourth-order valence-electron chi connectivity index (χ4n) is 2.15. The van der Waals surface area contributed by atoms with Crippen LogP contribution in [0.15, 0.2) is 34.9 Å². The van der Waals surface area contributed by atoms with Crippen LogP contribution in [0.5, 0.6) is 0 Å². The average molecular weight is 398 g/mol. The summed E-state index contributed by atoms with van der Waals surface area (Å²) in [5, 5.41) is 4.39. The van der Waals surface area contributed by atoms with Crippen LogP contribution in [0.2, 0.25) is 0 Å². The van der Waals surface area contributed by atoms with E-state index in [1.807, 2.05) is 5.32 Å². The summed E-state index contributed by atoms with van der Waals surface area (Å²) >= 11 is 0. The fraction of sp³-hybridized carbons (Fsp3) is 0.278. The third kappa shape index (κ3) is 5.12. The minimum absolute atomic E-state index is 0.00925. The first kappa shape index (κ1) is 21.0. The van der Waals surface area contributed by atoms with E-state index in [0.717, 1.165) is 6.07 Å². The molecule has 2 aromatic rings. The largest absolute Gasteiger partial charge is 0.459 e. The molecule has 1 heterocycles. The molecule has 10 heteroatoms. The summed E-state index contributed by atoms with van der Waals surface area (Å²) in [5.41, 5.74) is -0.605. The number of ether oxygens (including phenoxy) is 1. The van der Waals surface area contributed by atoms with E-state index in [1.54, 1.807) is 13.8 Å². The molecule has 1 aromatic heterocycles. The Hall–Kier alpha value is -3.30. The van der Waals surface area contributed by atoms with Crippen molar-refractivity contribution in [3.63, 3.8) is 0 Å². The van der Waals surface area contributed by atoms with Crippen molar-refractivity contribution < 1.29 is 36.7 Å². The second-order valence-corrected chi connectivity index (χ2v) is 6.05. The zero-order valence-corrected chi connectivity index (χ0v) is 14.9. The molecule has 0 spiro atoms. The van der Waals surface area contributed by atoms with Crippen molar-refractivity contribution in [2.45, 2.75) is 19.9 Å². The van der Waals surface area contributed by atoms with E-state index in [0.29, 0.717) is 6.07 Å². The van der Waals surface area contributed by atoms with Gasteiger partial charge >= 0.3 is 5.97 Å². The molecule has 150 valence electrons. The van der Waals surface area contributed by atoms with E-state index < -0.39 is 53.6 Å². The Morgan fingerprint density at radius 1 is 1.11 bits per heavy atom. The first-order valence-corrected chi connectivity index (χ1v) is 8.15. The predicted octanol–water partition coefficient (Wildman–Crippen LogP) is 2.63. The van der Waals surface area contributed by atoms with E-state index in [-0.39, 0.29) is 11.7 Å². The molecule has 28 heavy (non-hydrogen) atoms. The number of hydrogen-bond donors (Lipinski definition) is 2. The lowest BCUT2D eigenvalue weighted by Gasteiger charge is -2.20. The monoisotopic (exact) mass is 398 g/mol. The normalized spacial score (nSPS) is 11.8. The second kappa shape index (κ2) is 9.07. The van der Waals surface area contributed by atoms with Crippen LogP contribution >= 0.6 is 0 Å². The number of halogens is 3. The minimum atomic E-state index is -1.74. The van der Waals surface area contributed by atoms with Gasteiger partial charge in [0.15, 0.2) is 29.8 Å². The van der Waals surface area contributed by atoms with Crippen molar-refractivity contribution in [2.75, 3.05) is 11.9 Å². The molecule has 0 aliphatic carbocycles. The maximum atomic E-state index is 13.5. The highest BCUT2D eigenvalue weighted by molar-refractivity contribution is 5.96. The van der Waals surface area contributed by atoms with Gasteiger partial charge in [-0.25, -0.2) is 18.0 Å². The van der Waals surface area contributed by atoms with Gasteiger partial charge in [0.25, 0.3) is 11.8 Å². The predicted molar refractivity (Wildman–Crippen MR) is 90.7 cm³/mol. The van der Waals surface area contributed by atoms with Crippen molar-refractivity contribution >= 4 is 23.5 Å². The highest BCUT2D eigenvalue weighted by Gasteiger charge is 2.27. The van der Waals surface area contributed by atoms with E-state index in [2.05, 4.69) is 5.32 Å². The lowest BCUT2D eigenvalue weighted by Crippen LogP contribution is -2.45. The van der Waals surface area contributed by atoms with Gasteiger partial charge in [0.05, 0.1) is 12.0 Å². The van der Waals surface area contributed by atoms with Gasteiger partial charge in [0, 0.05) is 0 Å². The maximum absolute atomic E-state index is 13.5. The number of carbonyl (C=O) groups excluding carboxylic acids is 3. The summed E-state index contributed by atoms with van der Waals surface area (Å²) < 4.78 is 49.3. The molecular weight excluding hydrogens is 381 g/mol. The van der Waals surface area contributed by atoms with Gasteiger partial charge in [0.1, 0.15) is 6.04 Å². The van der Waals surface area contributed by atoms with Crippen LogP contribution in [-0.2, 0) is 14.3 Å². The molecule has 7 nitrogen and oxygen atoms in total. The van der Waals surface area contributed by atoms with Crippen molar-refractivity contribution in [2.24, 2.45) is 5.92 Å². The Morgan fingerprint density at radius 2 is 1.82 bits per heavy atom. The topological polar surface area (TPSA) is 97.6 Å². The minimum Gasteiger partial charge on any atom is -0.459 e. The van der Waals surface area contributed by atoms with Crippen LogP contribution in [0, 0.1) is 23.4 Å². The summed E-state index contributed by atoms with van der Waals surface area (Å²) in [6, 6.07) is 3.29. The molecule has 1 atom stereocenters.